The molecule has 1 aliphatic heterocycles. The van der Waals surface area contributed by atoms with Crippen LogP contribution in [0.1, 0.15) is 46.1 Å². The first kappa shape index (κ1) is 19.4. The molecule has 0 spiro atoms. The second-order valence-electron chi connectivity index (χ2n) is 8.93. The average molecular weight is 396 g/mol. The Labute approximate surface area is 170 Å². The van der Waals surface area contributed by atoms with Gasteiger partial charge in [-0.1, -0.05) is 13.0 Å². The van der Waals surface area contributed by atoms with Gasteiger partial charge in [0.25, 0.3) is 5.56 Å². The Morgan fingerprint density at radius 2 is 1.97 bits per heavy atom. The number of nitrogens with one attached hydrogen (secondary N) is 2. The van der Waals surface area contributed by atoms with E-state index in [1.165, 1.54) is 12.8 Å². The quantitative estimate of drug-likeness (QED) is 0.705. The highest BCUT2D eigenvalue weighted by Crippen LogP contribution is 2.22. The van der Waals surface area contributed by atoms with E-state index < -0.39 is 0 Å². The monoisotopic (exact) mass is 395 g/mol. The minimum Gasteiger partial charge on any atom is -0.357 e. The number of rotatable bonds is 4. The third kappa shape index (κ3) is 4.11. The van der Waals surface area contributed by atoms with Crippen LogP contribution < -0.4 is 15.8 Å². The minimum atomic E-state index is -0.258. The van der Waals surface area contributed by atoms with Gasteiger partial charge in [0.2, 0.25) is 5.95 Å². The number of aromatic nitrogens is 5. The molecule has 0 radical (unpaired) electrons. The van der Waals surface area contributed by atoms with Gasteiger partial charge in [0.1, 0.15) is 11.2 Å². The molecule has 2 N–H and O–H groups in total. The number of piperidine rings is 1. The summed E-state index contributed by atoms with van der Waals surface area (Å²) in [6, 6.07) is 4.14. The second-order valence-corrected chi connectivity index (χ2v) is 8.93. The predicted molar refractivity (Wildman–Crippen MR) is 115 cm³/mol. The van der Waals surface area contributed by atoms with Crippen LogP contribution in [0.2, 0.25) is 0 Å². The summed E-state index contributed by atoms with van der Waals surface area (Å²) < 4.78 is 1.78. The maximum Gasteiger partial charge on any atom is 0.263 e. The highest BCUT2D eigenvalue weighted by molar-refractivity contribution is 5.74. The third-order valence-corrected chi connectivity index (χ3v) is 5.45. The SMILES string of the molecule is CC1CCN(c2ccc(CNc3nc4c(cnn4C(C)(C)C)c(=O)[nH]3)cn2)CC1. The van der Waals surface area contributed by atoms with Gasteiger partial charge >= 0.3 is 0 Å². The first-order valence-corrected chi connectivity index (χ1v) is 10.2. The first-order chi connectivity index (χ1) is 13.8. The highest BCUT2D eigenvalue weighted by Gasteiger charge is 2.20. The fourth-order valence-corrected chi connectivity index (χ4v) is 3.62. The smallest absolute Gasteiger partial charge is 0.263 e. The summed E-state index contributed by atoms with van der Waals surface area (Å²) in [7, 11) is 0. The lowest BCUT2D eigenvalue weighted by Crippen LogP contribution is -2.33. The molecule has 0 aliphatic carbocycles. The van der Waals surface area contributed by atoms with E-state index in [9.17, 15) is 4.79 Å². The number of aromatic amines is 1. The van der Waals surface area contributed by atoms with E-state index in [1.807, 2.05) is 27.0 Å². The molecular weight excluding hydrogens is 366 g/mol. The van der Waals surface area contributed by atoms with Gasteiger partial charge in [-0.05, 0) is 51.2 Å². The van der Waals surface area contributed by atoms with E-state index in [0.717, 1.165) is 30.4 Å². The maximum atomic E-state index is 12.4. The summed E-state index contributed by atoms with van der Waals surface area (Å²) in [4.78, 5) is 26.7. The number of hydrogen-bond donors (Lipinski definition) is 2. The van der Waals surface area contributed by atoms with Crippen molar-refractivity contribution in [3.63, 3.8) is 0 Å². The van der Waals surface area contributed by atoms with E-state index >= 15 is 0 Å². The second kappa shape index (κ2) is 7.50. The van der Waals surface area contributed by atoms with Gasteiger partial charge in [-0.2, -0.15) is 10.1 Å². The summed E-state index contributed by atoms with van der Waals surface area (Å²) in [6.45, 7) is 11.1. The fourth-order valence-electron chi connectivity index (χ4n) is 3.62. The summed E-state index contributed by atoms with van der Waals surface area (Å²) in [5.74, 6) is 2.27. The first-order valence-electron chi connectivity index (χ1n) is 10.2. The van der Waals surface area contributed by atoms with Crippen LogP contribution in [0.15, 0.2) is 29.3 Å². The molecule has 4 rings (SSSR count). The van der Waals surface area contributed by atoms with Crippen molar-refractivity contribution < 1.29 is 0 Å². The van der Waals surface area contributed by atoms with E-state index in [4.69, 9.17) is 0 Å². The lowest BCUT2D eigenvalue weighted by atomic mass is 9.99. The number of hydrogen-bond acceptors (Lipinski definition) is 6. The molecule has 1 aliphatic rings. The van der Waals surface area contributed by atoms with Crippen molar-refractivity contribution >= 4 is 22.8 Å². The van der Waals surface area contributed by atoms with Gasteiger partial charge in [-0.15, -0.1) is 0 Å². The Morgan fingerprint density at radius 3 is 2.62 bits per heavy atom. The third-order valence-electron chi connectivity index (χ3n) is 5.45. The lowest BCUT2D eigenvalue weighted by molar-refractivity contribution is 0.366. The van der Waals surface area contributed by atoms with Gasteiger partial charge < -0.3 is 10.2 Å². The molecule has 3 aromatic heterocycles. The number of pyridine rings is 1. The van der Waals surface area contributed by atoms with Crippen molar-refractivity contribution in [2.45, 2.75) is 52.6 Å². The van der Waals surface area contributed by atoms with E-state index in [-0.39, 0.29) is 11.1 Å². The van der Waals surface area contributed by atoms with Crippen LogP contribution in [0.5, 0.6) is 0 Å². The van der Waals surface area contributed by atoms with Crippen molar-refractivity contribution in [1.82, 2.24) is 24.7 Å². The zero-order valence-electron chi connectivity index (χ0n) is 17.6. The summed E-state index contributed by atoms with van der Waals surface area (Å²) in [5.41, 5.74) is 1.16. The van der Waals surface area contributed by atoms with Gasteiger partial charge in [-0.25, -0.2) is 9.67 Å². The molecule has 154 valence electrons. The van der Waals surface area contributed by atoms with Crippen molar-refractivity contribution in [2.24, 2.45) is 5.92 Å². The molecule has 29 heavy (non-hydrogen) atoms. The fraction of sp³-hybridized carbons (Fsp3) is 0.524. The van der Waals surface area contributed by atoms with Crippen molar-refractivity contribution in [2.75, 3.05) is 23.3 Å². The Bertz CT molecular complexity index is 1040. The maximum absolute atomic E-state index is 12.4. The zero-order chi connectivity index (χ0) is 20.6. The molecular formula is C21H29N7O. The summed E-state index contributed by atoms with van der Waals surface area (Å²) >= 11 is 0. The van der Waals surface area contributed by atoms with Crippen LogP contribution in [0.25, 0.3) is 11.0 Å². The number of H-pyrrole nitrogens is 1. The van der Waals surface area contributed by atoms with Crippen LogP contribution in [-0.4, -0.2) is 37.8 Å². The lowest BCUT2D eigenvalue weighted by Gasteiger charge is -2.31. The predicted octanol–water partition coefficient (Wildman–Crippen LogP) is 3.12. The molecule has 0 amide bonds. The molecule has 1 saturated heterocycles. The number of nitrogens with zero attached hydrogens (tertiary/aromatic N) is 5. The normalized spacial score (nSPS) is 15.8. The molecule has 0 bridgehead atoms. The Hall–Kier alpha value is -2.90. The largest absolute Gasteiger partial charge is 0.357 e. The zero-order valence-corrected chi connectivity index (χ0v) is 17.6. The Morgan fingerprint density at radius 1 is 1.21 bits per heavy atom. The van der Waals surface area contributed by atoms with Gasteiger partial charge in [0.05, 0.1) is 11.7 Å². The molecule has 8 nitrogen and oxygen atoms in total. The van der Waals surface area contributed by atoms with Gasteiger partial charge in [0, 0.05) is 25.8 Å². The van der Waals surface area contributed by atoms with Crippen molar-refractivity contribution in [3.8, 4) is 0 Å². The number of anilines is 2. The van der Waals surface area contributed by atoms with Crippen LogP contribution >= 0.6 is 0 Å². The number of fused-ring (bicyclic) bond motifs is 1. The van der Waals surface area contributed by atoms with Crippen LogP contribution in [-0.2, 0) is 12.1 Å². The topological polar surface area (TPSA) is 91.7 Å². The summed E-state index contributed by atoms with van der Waals surface area (Å²) in [6.07, 6.45) is 5.89. The molecule has 0 unspecified atom stereocenters. The molecule has 1 fully saturated rings. The molecule has 4 heterocycles. The van der Waals surface area contributed by atoms with Crippen LogP contribution in [0.4, 0.5) is 11.8 Å². The standard InChI is InChI=1S/C21H29N7O/c1-14-7-9-27(10-8-14)17-6-5-15(11-22-17)12-23-20-25-18-16(19(29)26-20)13-24-28(18)21(2,3)4/h5-6,11,13-14H,7-10,12H2,1-4H3,(H2,23,25,26,29). The molecule has 0 atom stereocenters. The minimum absolute atomic E-state index is 0.194. The van der Waals surface area contributed by atoms with Gasteiger partial charge in [0.15, 0.2) is 5.65 Å². The van der Waals surface area contributed by atoms with E-state index in [2.05, 4.69) is 49.3 Å². The van der Waals surface area contributed by atoms with Crippen LogP contribution in [0.3, 0.4) is 0 Å². The van der Waals surface area contributed by atoms with Crippen molar-refractivity contribution in [3.05, 3.63) is 40.4 Å². The van der Waals surface area contributed by atoms with Gasteiger partial charge in [-0.3, -0.25) is 9.78 Å². The molecule has 3 aromatic rings. The van der Waals surface area contributed by atoms with E-state index in [1.54, 1.807) is 10.9 Å². The Balaban J connectivity index is 1.47. The highest BCUT2D eigenvalue weighted by atomic mass is 16.1. The molecule has 8 heteroatoms. The average Bonchev–Trinajstić information content (AvgIpc) is 3.13. The molecule has 0 aromatic carbocycles. The van der Waals surface area contributed by atoms with Crippen molar-refractivity contribution in [1.29, 1.82) is 0 Å². The summed E-state index contributed by atoms with van der Waals surface area (Å²) in [5, 5.41) is 8.04. The van der Waals surface area contributed by atoms with Crippen LogP contribution in [0, 0.1) is 5.92 Å². The molecule has 0 saturated carbocycles. The van der Waals surface area contributed by atoms with E-state index in [0.29, 0.717) is 23.5 Å². The Kier molecular flexibility index (Phi) is 5.02.